The van der Waals surface area contributed by atoms with Crippen molar-refractivity contribution < 1.29 is 22.7 Å². The predicted octanol–water partition coefficient (Wildman–Crippen LogP) is 5.13. The number of benzene rings is 2. The molecule has 3 rings (SSSR count). The molecule has 25 heavy (non-hydrogen) atoms. The Kier molecular flexibility index (Phi) is 4.73. The fourth-order valence-corrected chi connectivity index (χ4v) is 3.09. The summed E-state index contributed by atoms with van der Waals surface area (Å²) in [6.07, 6.45) is -4.76. The second kappa shape index (κ2) is 6.81. The lowest BCUT2D eigenvalue weighted by atomic mass is 10.3. The first-order valence-corrected chi connectivity index (χ1v) is 8.09. The number of para-hydroxylation sites is 1. The molecule has 0 radical (unpaired) electrons. The molecular formula is C15H10F3N3O2S2. The first-order chi connectivity index (χ1) is 11.8. The third kappa shape index (κ3) is 4.54. The highest BCUT2D eigenvalue weighted by Gasteiger charge is 2.31. The minimum Gasteiger partial charge on any atom is -0.406 e. The second-order valence-electron chi connectivity index (χ2n) is 4.79. The van der Waals surface area contributed by atoms with Crippen LogP contribution in [-0.4, -0.2) is 17.4 Å². The standard InChI is InChI=1S/C15H10F3N3O2S2/c16-15(17,18)23-8-5-6-10-12(7-8)25-14(20-10)21-13(22)19-9-3-1-2-4-11(9)24/h1-7,24H,(H2,19,20,21,22). The number of fused-ring (bicyclic) bond motifs is 1. The molecule has 10 heteroatoms. The van der Waals surface area contributed by atoms with Gasteiger partial charge in [0.1, 0.15) is 5.75 Å². The Hall–Kier alpha value is -2.46. The molecule has 0 unspecified atom stereocenters. The van der Waals surface area contributed by atoms with Crippen LogP contribution < -0.4 is 15.4 Å². The molecule has 0 fully saturated rings. The number of aromatic nitrogens is 1. The van der Waals surface area contributed by atoms with E-state index in [0.29, 0.717) is 20.8 Å². The Morgan fingerprint density at radius 2 is 1.92 bits per heavy atom. The number of ether oxygens (including phenoxy) is 1. The molecule has 1 heterocycles. The van der Waals surface area contributed by atoms with Crippen LogP contribution in [0.4, 0.5) is 28.8 Å². The molecule has 0 aliphatic carbocycles. The summed E-state index contributed by atoms with van der Waals surface area (Å²) in [6, 6.07) is 10.2. The Bertz CT molecular complexity index is 928. The van der Waals surface area contributed by atoms with E-state index < -0.39 is 12.4 Å². The normalized spacial score (nSPS) is 11.4. The largest absolute Gasteiger partial charge is 0.573 e. The zero-order valence-electron chi connectivity index (χ0n) is 12.3. The lowest BCUT2D eigenvalue weighted by Crippen LogP contribution is -2.19. The number of carbonyl (C=O) groups excluding carboxylic acids is 1. The lowest BCUT2D eigenvalue weighted by molar-refractivity contribution is -0.274. The Morgan fingerprint density at radius 3 is 2.64 bits per heavy atom. The summed E-state index contributed by atoms with van der Waals surface area (Å²) in [5, 5.41) is 5.39. The van der Waals surface area contributed by atoms with E-state index in [1.807, 2.05) is 0 Å². The minimum absolute atomic E-state index is 0.244. The highest BCUT2D eigenvalue weighted by atomic mass is 32.1. The number of anilines is 2. The van der Waals surface area contributed by atoms with E-state index in [0.717, 1.165) is 17.4 Å². The summed E-state index contributed by atoms with van der Waals surface area (Å²) >= 11 is 5.25. The Balaban J connectivity index is 1.73. The van der Waals surface area contributed by atoms with Crippen molar-refractivity contribution in [1.82, 2.24) is 4.98 Å². The maximum atomic E-state index is 12.3. The molecule has 2 amide bonds. The number of alkyl halides is 3. The van der Waals surface area contributed by atoms with Gasteiger partial charge in [0.05, 0.1) is 15.9 Å². The van der Waals surface area contributed by atoms with Crippen LogP contribution in [0.2, 0.25) is 0 Å². The SMILES string of the molecule is O=C(Nc1nc2ccc(OC(F)(F)F)cc2s1)Nc1ccccc1S. The maximum Gasteiger partial charge on any atom is 0.573 e. The molecule has 5 nitrogen and oxygen atoms in total. The number of rotatable bonds is 3. The van der Waals surface area contributed by atoms with Crippen LogP contribution in [0.1, 0.15) is 0 Å². The number of carbonyl (C=O) groups is 1. The number of amides is 2. The molecule has 0 bridgehead atoms. The number of hydrogen-bond acceptors (Lipinski definition) is 5. The van der Waals surface area contributed by atoms with Gasteiger partial charge in [-0.05, 0) is 24.3 Å². The molecule has 0 aliphatic heterocycles. The molecule has 0 saturated carbocycles. The van der Waals surface area contributed by atoms with Gasteiger partial charge in [-0.3, -0.25) is 5.32 Å². The minimum atomic E-state index is -4.76. The quantitative estimate of drug-likeness (QED) is 0.548. The van der Waals surface area contributed by atoms with Crippen molar-refractivity contribution in [3.63, 3.8) is 0 Å². The van der Waals surface area contributed by atoms with E-state index in [4.69, 9.17) is 0 Å². The van der Waals surface area contributed by atoms with Gasteiger partial charge in [0.25, 0.3) is 0 Å². The number of nitrogens with one attached hydrogen (secondary N) is 2. The lowest BCUT2D eigenvalue weighted by Gasteiger charge is -2.07. The summed E-state index contributed by atoms with van der Waals surface area (Å²) in [5.41, 5.74) is 0.967. The zero-order valence-corrected chi connectivity index (χ0v) is 14.0. The second-order valence-corrected chi connectivity index (χ2v) is 6.31. The Morgan fingerprint density at radius 1 is 1.16 bits per heavy atom. The van der Waals surface area contributed by atoms with Gasteiger partial charge in [0.15, 0.2) is 5.13 Å². The van der Waals surface area contributed by atoms with Crippen LogP contribution in [0.15, 0.2) is 47.4 Å². The third-order valence-electron chi connectivity index (χ3n) is 2.97. The van der Waals surface area contributed by atoms with Gasteiger partial charge in [0, 0.05) is 11.0 Å². The third-order valence-corrected chi connectivity index (χ3v) is 4.29. The molecule has 2 aromatic carbocycles. The average molecular weight is 385 g/mol. The van der Waals surface area contributed by atoms with E-state index in [9.17, 15) is 18.0 Å². The fraction of sp³-hybridized carbons (Fsp3) is 0.0667. The van der Waals surface area contributed by atoms with Crippen molar-refractivity contribution in [2.45, 2.75) is 11.3 Å². The van der Waals surface area contributed by atoms with E-state index >= 15 is 0 Å². The van der Waals surface area contributed by atoms with Crippen molar-refractivity contribution in [2.24, 2.45) is 0 Å². The first-order valence-electron chi connectivity index (χ1n) is 6.82. The molecular weight excluding hydrogens is 375 g/mol. The van der Waals surface area contributed by atoms with Gasteiger partial charge in [-0.2, -0.15) is 0 Å². The summed E-state index contributed by atoms with van der Waals surface area (Å²) < 4.78 is 41.1. The number of hydrogen-bond donors (Lipinski definition) is 3. The van der Waals surface area contributed by atoms with Crippen molar-refractivity contribution >= 4 is 51.0 Å². The molecule has 1 aromatic heterocycles. The molecule has 0 aliphatic rings. The molecule has 0 atom stereocenters. The van der Waals surface area contributed by atoms with Crippen molar-refractivity contribution in [2.75, 3.05) is 10.6 Å². The van der Waals surface area contributed by atoms with Gasteiger partial charge in [-0.25, -0.2) is 9.78 Å². The molecule has 3 aromatic rings. The number of urea groups is 1. The topological polar surface area (TPSA) is 63.2 Å². The van der Waals surface area contributed by atoms with E-state index in [2.05, 4.69) is 33.0 Å². The van der Waals surface area contributed by atoms with Gasteiger partial charge >= 0.3 is 12.4 Å². The summed E-state index contributed by atoms with van der Waals surface area (Å²) in [6.45, 7) is 0. The smallest absolute Gasteiger partial charge is 0.406 e. The molecule has 0 spiro atoms. The van der Waals surface area contributed by atoms with Gasteiger partial charge < -0.3 is 10.1 Å². The number of thiazole rings is 1. The molecule has 2 N–H and O–H groups in total. The van der Waals surface area contributed by atoms with Crippen LogP contribution in [-0.2, 0) is 0 Å². The van der Waals surface area contributed by atoms with Gasteiger partial charge in [-0.1, -0.05) is 23.5 Å². The van der Waals surface area contributed by atoms with Gasteiger partial charge in [0.2, 0.25) is 0 Å². The highest BCUT2D eigenvalue weighted by Crippen LogP contribution is 2.31. The van der Waals surface area contributed by atoms with E-state index in [1.165, 1.54) is 12.1 Å². The highest BCUT2D eigenvalue weighted by molar-refractivity contribution is 7.80. The Labute approximate surface area is 149 Å². The van der Waals surface area contributed by atoms with E-state index in [1.54, 1.807) is 24.3 Å². The van der Waals surface area contributed by atoms with Crippen molar-refractivity contribution in [3.05, 3.63) is 42.5 Å². The van der Waals surface area contributed by atoms with E-state index in [-0.39, 0.29) is 10.9 Å². The summed E-state index contributed by atoms with van der Waals surface area (Å²) in [4.78, 5) is 16.7. The number of thiol groups is 1. The molecule has 130 valence electrons. The van der Waals surface area contributed by atoms with Crippen LogP contribution in [0.3, 0.4) is 0 Å². The fourth-order valence-electron chi connectivity index (χ4n) is 1.99. The van der Waals surface area contributed by atoms with Crippen LogP contribution >= 0.6 is 24.0 Å². The van der Waals surface area contributed by atoms with Crippen LogP contribution in [0.25, 0.3) is 10.2 Å². The van der Waals surface area contributed by atoms with Crippen LogP contribution in [0.5, 0.6) is 5.75 Å². The van der Waals surface area contributed by atoms with Gasteiger partial charge in [-0.15, -0.1) is 25.8 Å². The zero-order chi connectivity index (χ0) is 18.0. The molecule has 0 saturated heterocycles. The monoisotopic (exact) mass is 385 g/mol. The average Bonchev–Trinajstić information content (AvgIpc) is 2.89. The predicted molar refractivity (Wildman–Crippen MR) is 92.6 cm³/mol. The summed E-state index contributed by atoms with van der Waals surface area (Å²) in [7, 11) is 0. The van der Waals surface area contributed by atoms with Crippen molar-refractivity contribution in [3.8, 4) is 5.75 Å². The van der Waals surface area contributed by atoms with Crippen molar-refractivity contribution in [1.29, 1.82) is 0 Å². The number of halogens is 3. The first kappa shape index (κ1) is 17.4. The maximum absolute atomic E-state index is 12.3. The van der Waals surface area contributed by atoms with Crippen LogP contribution in [0, 0.1) is 0 Å². The summed E-state index contributed by atoms with van der Waals surface area (Å²) in [5.74, 6) is -0.344. The number of nitrogens with zero attached hydrogens (tertiary/aromatic N) is 1.